The zero-order chi connectivity index (χ0) is 13.2. The molecule has 2 fully saturated rings. The van der Waals surface area contributed by atoms with Crippen LogP contribution in [0.1, 0.15) is 59.3 Å². The fraction of sp³-hybridized carbons (Fsp3) is 0.933. The second kappa shape index (κ2) is 5.60. The molecule has 0 aromatic heterocycles. The van der Waals surface area contributed by atoms with Crippen molar-refractivity contribution in [2.75, 3.05) is 6.54 Å². The summed E-state index contributed by atoms with van der Waals surface area (Å²) in [4.78, 5) is 11.2. The largest absolute Gasteiger partial charge is 0.355 e. The van der Waals surface area contributed by atoms with Crippen LogP contribution in [0.4, 0.5) is 0 Å². The van der Waals surface area contributed by atoms with Crippen LogP contribution in [-0.2, 0) is 4.79 Å². The van der Waals surface area contributed by atoms with Crippen molar-refractivity contribution in [2.45, 2.75) is 71.4 Å². The predicted octanol–water partition coefficient (Wildman–Crippen LogP) is 2.46. The minimum absolute atomic E-state index is 0.212. The van der Waals surface area contributed by atoms with Gasteiger partial charge in [-0.2, -0.15) is 0 Å². The average molecular weight is 252 g/mol. The van der Waals surface area contributed by atoms with Gasteiger partial charge in [0, 0.05) is 25.0 Å². The van der Waals surface area contributed by atoms with Crippen molar-refractivity contribution in [3.05, 3.63) is 0 Å². The van der Waals surface area contributed by atoms with Gasteiger partial charge in [-0.3, -0.25) is 4.79 Å². The highest BCUT2D eigenvalue weighted by Crippen LogP contribution is 2.38. The number of piperidine rings is 1. The Morgan fingerprint density at radius 1 is 1.17 bits per heavy atom. The smallest absolute Gasteiger partial charge is 0.220 e. The monoisotopic (exact) mass is 252 g/mol. The van der Waals surface area contributed by atoms with Gasteiger partial charge >= 0.3 is 0 Å². The van der Waals surface area contributed by atoms with Crippen LogP contribution in [0.25, 0.3) is 0 Å². The molecule has 3 heteroatoms. The number of amides is 1. The van der Waals surface area contributed by atoms with Gasteiger partial charge in [-0.15, -0.1) is 0 Å². The minimum atomic E-state index is 0.212. The Morgan fingerprint density at radius 2 is 1.89 bits per heavy atom. The highest BCUT2D eigenvalue weighted by atomic mass is 16.1. The van der Waals surface area contributed by atoms with Gasteiger partial charge < -0.3 is 10.6 Å². The molecule has 1 amide bonds. The van der Waals surface area contributed by atoms with Gasteiger partial charge in [-0.25, -0.2) is 0 Å². The maximum absolute atomic E-state index is 11.2. The van der Waals surface area contributed by atoms with Crippen molar-refractivity contribution in [1.29, 1.82) is 0 Å². The summed E-state index contributed by atoms with van der Waals surface area (Å²) in [5.41, 5.74) is 0.385. The van der Waals surface area contributed by atoms with Crippen LogP contribution in [0, 0.1) is 11.3 Å². The summed E-state index contributed by atoms with van der Waals surface area (Å²) in [6.45, 7) is 7.90. The van der Waals surface area contributed by atoms with E-state index in [1.54, 1.807) is 0 Å². The van der Waals surface area contributed by atoms with Gasteiger partial charge in [-0.1, -0.05) is 33.6 Å². The summed E-state index contributed by atoms with van der Waals surface area (Å²) < 4.78 is 0. The molecule has 0 spiro atoms. The highest BCUT2D eigenvalue weighted by molar-refractivity contribution is 5.76. The van der Waals surface area contributed by atoms with E-state index >= 15 is 0 Å². The van der Waals surface area contributed by atoms with Gasteiger partial charge in [0.15, 0.2) is 0 Å². The second-order valence-corrected chi connectivity index (χ2v) is 7.07. The highest BCUT2D eigenvalue weighted by Gasteiger charge is 2.35. The van der Waals surface area contributed by atoms with E-state index in [0.717, 1.165) is 18.9 Å². The SMILES string of the molecule is CC(C)(C)C1CCCCC1NC1CCC(=O)NC1. The minimum Gasteiger partial charge on any atom is -0.355 e. The van der Waals surface area contributed by atoms with Crippen molar-refractivity contribution >= 4 is 5.91 Å². The second-order valence-electron chi connectivity index (χ2n) is 7.07. The molecule has 18 heavy (non-hydrogen) atoms. The van der Waals surface area contributed by atoms with Gasteiger partial charge in [-0.05, 0) is 30.6 Å². The zero-order valence-electron chi connectivity index (χ0n) is 12.1. The molecule has 0 aromatic rings. The van der Waals surface area contributed by atoms with E-state index in [1.807, 2.05) is 0 Å². The molecule has 0 radical (unpaired) electrons. The topological polar surface area (TPSA) is 41.1 Å². The van der Waals surface area contributed by atoms with E-state index in [0.29, 0.717) is 23.9 Å². The maximum Gasteiger partial charge on any atom is 0.220 e. The van der Waals surface area contributed by atoms with Crippen LogP contribution in [0.5, 0.6) is 0 Å². The molecule has 2 aliphatic rings. The van der Waals surface area contributed by atoms with Gasteiger partial charge in [0.05, 0.1) is 0 Å². The Morgan fingerprint density at radius 3 is 2.50 bits per heavy atom. The summed E-state index contributed by atoms with van der Waals surface area (Å²) in [7, 11) is 0. The van der Waals surface area contributed by atoms with E-state index < -0.39 is 0 Å². The summed E-state index contributed by atoms with van der Waals surface area (Å²) >= 11 is 0. The molecule has 1 heterocycles. The first-order valence-corrected chi connectivity index (χ1v) is 7.49. The van der Waals surface area contributed by atoms with Crippen LogP contribution < -0.4 is 10.6 Å². The Hall–Kier alpha value is -0.570. The first kappa shape index (κ1) is 13.9. The summed E-state index contributed by atoms with van der Waals surface area (Å²) in [5.74, 6) is 0.980. The number of nitrogens with one attached hydrogen (secondary N) is 2. The van der Waals surface area contributed by atoms with E-state index in [2.05, 4.69) is 31.4 Å². The van der Waals surface area contributed by atoms with Crippen molar-refractivity contribution < 1.29 is 4.79 Å². The number of rotatable bonds is 2. The molecule has 0 aromatic carbocycles. The molecule has 3 nitrogen and oxygen atoms in total. The Bertz CT molecular complexity index is 285. The molecular formula is C15H28N2O. The van der Waals surface area contributed by atoms with Crippen LogP contribution in [0.2, 0.25) is 0 Å². The Balaban J connectivity index is 1.91. The lowest BCUT2D eigenvalue weighted by atomic mass is 9.69. The van der Waals surface area contributed by atoms with Crippen LogP contribution in [0.3, 0.4) is 0 Å². The van der Waals surface area contributed by atoms with E-state index in [4.69, 9.17) is 0 Å². The maximum atomic E-state index is 11.2. The lowest BCUT2D eigenvalue weighted by Crippen LogP contribution is -2.53. The first-order valence-electron chi connectivity index (χ1n) is 7.49. The molecule has 3 atom stereocenters. The van der Waals surface area contributed by atoms with Crippen LogP contribution in [0.15, 0.2) is 0 Å². The average Bonchev–Trinajstić information content (AvgIpc) is 2.31. The number of hydrogen-bond acceptors (Lipinski definition) is 2. The zero-order valence-corrected chi connectivity index (χ0v) is 12.1. The van der Waals surface area contributed by atoms with Crippen LogP contribution >= 0.6 is 0 Å². The number of hydrogen-bond donors (Lipinski definition) is 2. The van der Waals surface area contributed by atoms with E-state index in [-0.39, 0.29) is 5.91 Å². The number of carbonyl (C=O) groups is 1. The summed E-state index contributed by atoms with van der Waals surface area (Å²) in [5, 5.41) is 6.79. The molecule has 1 aliphatic carbocycles. The lowest BCUT2D eigenvalue weighted by molar-refractivity contribution is -0.122. The predicted molar refractivity (Wildman–Crippen MR) is 74.4 cm³/mol. The normalized spacial score (nSPS) is 34.2. The van der Waals surface area contributed by atoms with Crippen molar-refractivity contribution in [2.24, 2.45) is 11.3 Å². The Kier molecular flexibility index (Phi) is 4.31. The van der Waals surface area contributed by atoms with Gasteiger partial charge in [0.2, 0.25) is 5.91 Å². The lowest BCUT2D eigenvalue weighted by Gasteiger charge is -2.43. The van der Waals surface area contributed by atoms with Gasteiger partial charge in [0.25, 0.3) is 0 Å². The molecule has 1 saturated carbocycles. The van der Waals surface area contributed by atoms with Crippen molar-refractivity contribution in [3.8, 4) is 0 Å². The standard InChI is InChI=1S/C15H28N2O/c1-15(2,3)12-6-4-5-7-13(12)17-11-8-9-14(18)16-10-11/h11-13,17H,4-10H2,1-3H3,(H,16,18). The molecule has 3 unspecified atom stereocenters. The number of carbonyl (C=O) groups excluding carboxylic acids is 1. The van der Waals surface area contributed by atoms with E-state index in [9.17, 15) is 4.79 Å². The molecule has 1 saturated heterocycles. The molecule has 1 aliphatic heterocycles. The van der Waals surface area contributed by atoms with Crippen molar-refractivity contribution in [3.63, 3.8) is 0 Å². The fourth-order valence-electron chi connectivity index (χ4n) is 3.54. The third-order valence-electron chi connectivity index (χ3n) is 4.59. The molecule has 2 rings (SSSR count). The van der Waals surface area contributed by atoms with Crippen LogP contribution in [-0.4, -0.2) is 24.5 Å². The third-order valence-corrected chi connectivity index (χ3v) is 4.59. The van der Waals surface area contributed by atoms with Gasteiger partial charge in [0.1, 0.15) is 0 Å². The third kappa shape index (κ3) is 3.47. The molecule has 104 valence electrons. The molecule has 2 N–H and O–H groups in total. The summed E-state index contributed by atoms with van der Waals surface area (Å²) in [6, 6.07) is 1.12. The Labute approximate surface area is 111 Å². The first-order chi connectivity index (χ1) is 8.47. The van der Waals surface area contributed by atoms with Crippen molar-refractivity contribution in [1.82, 2.24) is 10.6 Å². The molecular weight excluding hydrogens is 224 g/mol. The summed E-state index contributed by atoms with van der Waals surface area (Å²) in [6.07, 6.45) is 7.06. The quantitative estimate of drug-likeness (QED) is 0.792. The fourth-order valence-corrected chi connectivity index (χ4v) is 3.54. The molecule has 0 bridgehead atoms. The van der Waals surface area contributed by atoms with E-state index in [1.165, 1.54) is 25.7 Å².